The molecule has 2 heterocycles. The van der Waals surface area contributed by atoms with Crippen molar-refractivity contribution in [1.82, 2.24) is 10.2 Å². The zero-order valence-electron chi connectivity index (χ0n) is 13.8. The summed E-state index contributed by atoms with van der Waals surface area (Å²) in [6.45, 7) is 15.1. The Hall–Kier alpha value is -0.120. The van der Waals surface area contributed by atoms with E-state index in [1.54, 1.807) is 0 Å². The first kappa shape index (κ1) is 16.3. The Morgan fingerprint density at radius 1 is 1.15 bits per heavy atom. The molecule has 2 unspecified atom stereocenters. The third kappa shape index (κ3) is 4.71. The van der Waals surface area contributed by atoms with Crippen molar-refractivity contribution in [2.75, 3.05) is 45.9 Å². The van der Waals surface area contributed by atoms with Gasteiger partial charge in [0.1, 0.15) is 0 Å². The van der Waals surface area contributed by atoms with E-state index in [9.17, 15) is 0 Å². The lowest BCUT2D eigenvalue weighted by atomic mass is 9.78. The van der Waals surface area contributed by atoms with Crippen molar-refractivity contribution in [3.05, 3.63) is 0 Å². The van der Waals surface area contributed by atoms with Crippen LogP contribution in [-0.4, -0.2) is 50.8 Å². The second-order valence-corrected chi connectivity index (χ2v) is 7.43. The maximum absolute atomic E-state index is 5.62. The minimum Gasteiger partial charge on any atom is -0.381 e. The normalized spacial score (nSPS) is 31.4. The van der Waals surface area contributed by atoms with Gasteiger partial charge in [0.25, 0.3) is 0 Å². The van der Waals surface area contributed by atoms with E-state index in [4.69, 9.17) is 4.74 Å². The Morgan fingerprint density at radius 3 is 2.40 bits per heavy atom. The van der Waals surface area contributed by atoms with Crippen LogP contribution in [0.5, 0.6) is 0 Å². The van der Waals surface area contributed by atoms with Gasteiger partial charge in [-0.25, -0.2) is 0 Å². The molecule has 0 aliphatic carbocycles. The molecule has 2 aliphatic heterocycles. The number of piperidine rings is 1. The number of rotatable bonds is 6. The van der Waals surface area contributed by atoms with Crippen molar-refractivity contribution in [3.63, 3.8) is 0 Å². The van der Waals surface area contributed by atoms with Gasteiger partial charge in [-0.2, -0.15) is 0 Å². The van der Waals surface area contributed by atoms with E-state index in [0.717, 1.165) is 31.6 Å². The molecule has 0 aromatic carbocycles. The third-order valence-electron chi connectivity index (χ3n) is 4.98. The van der Waals surface area contributed by atoms with Crippen LogP contribution in [0.15, 0.2) is 0 Å². The Kier molecular flexibility index (Phi) is 6.31. The smallest absolute Gasteiger partial charge is 0.0472 e. The molecule has 3 nitrogen and oxygen atoms in total. The highest BCUT2D eigenvalue weighted by atomic mass is 16.5. The summed E-state index contributed by atoms with van der Waals surface area (Å²) in [5.41, 5.74) is 0.449. The van der Waals surface area contributed by atoms with E-state index in [0.29, 0.717) is 5.41 Å². The quantitative estimate of drug-likeness (QED) is 0.758. The van der Waals surface area contributed by atoms with E-state index in [2.05, 4.69) is 31.0 Å². The van der Waals surface area contributed by atoms with Gasteiger partial charge in [0, 0.05) is 39.4 Å². The summed E-state index contributed by atoms with van der Waals surface area (Å²) in [5, 5.41) is 3.68. The average molecular weight is 282 g/mol. The van der Waals surface area contributed by atoms with Crippen molar-refractivity contribution in [3.8, 4) is 0 Å². The molecule has 20 heavy (non-hydrogen) atoms. The van der Waals surface area contributed by atoms with E-state index in [1.807, 2.05) is 0 Å². The topological polar surface area (TPSA) is 24.5 Å². The van der Waals surface area contributed by atoms with E-state index in [-0.39, 0.29) is 0 Å². The Bertz CT molecular complexity index is 266. The molecule has 0 radical (unpaired) electrons. The minimum atomic E-state index is 0.449. The van der Waals surface area contributed by atoms with Crippen LogP contribution in [0.3, 0.4) is 0 Å². The van der Waals surface area contributed by atoms with E-state index < -0.39 is 0 Å². The lowest BCUT2D eigenvalue weighted by Crippen LogP contribution is -2.50. The van der Waals surface area contributed by atoms with Crippen LogP contribution in [0.2, 0.25) is 0 Å². The molecular weight excluding hydrogens is 248 g/mol. The SMILES string of the molecule is CCCNCC1(CN2CC(C)CC(C)C2)CCOCC1. The first-order valence-electron chi connectivity index (χ1n) is 8.64. The van der Waals surface area contributed by atoms with Gasteiger partial charge in [-0.05, 0) is 49.5 Å². The molecule has 3 heteroatoms. The first-order chi connectivity index (χ1) is 9.63. The summed E-state index contributed by atoms with van der Waals surface area (Å²) in [5.74, 6) is 1.72. The summed E-state index contributed by atoms with van der Waals surface area (Å²) >= 11 is 0. The van der Waals surface area contributed by atoms with Crippen LogP contribution < -0.4 is 5.32 Å². The molecule has 2 atom stereocenters. The molecule has 0 aromatic heterocycles. The highest BCUT2D eigenvalue weighted by Gasteiger charge is 2.35. The molecule has 0 bridgehead atoms. The van der Waals surface area contributed by atoms with Gasteiger partial charge in [0.15, 0.2) is 0 Å². The second-order valence-electron chi connectivity index (χ2n) is 7.43. The summed E-state index contributed by atoms with van der Waals surface area (Å²) in [6, 6.07) is 0. The predicted molar refractivity (Wildman–Crippen MR) is 85.0 cm³/mol. The highest BCUT2D eigenvalue weighted by Crippen LogP contribution is 2.33. The van der Waals surface area contributed by atoms with Crippen molar-refractivity contribution in [2.45, 2.75) is 46.5 Å². The molecule has 2 fully saturated rings. The third-order valence-corrected chi connectivity index (χ3v) is 4.98. The van der Waals surface area contributed by atoms with Crippen LogP contribution in [0.1, 0.15) is 46.5 Å². The molecular formula is C17H34N2O. The van der Waals surface area contributed by atoms with Crippen LogP contribution in [0.25, 0.3) is 0 Å². The van der Waals surface area contributed by atoms with Crippen molar-refractivity contribution < 1.29 is 4.74 Å². The number of nitrogens with zero attached hydrogens (tertiary/aromatic N) is 1. The van der Waals surface area contributed by atoms with Crippen LogP contribution in [0.4, 0.5) is 0 Å². The van der Waals surface area contributed by atoms with E-state index >= 15 is 0 Å². The minimum absolute atomic E-state index is 0.449. The fourth-order valence-corrected chi connectivity index (χ4v) is 4.12. The van der Waals surface area contributed by atoms with Gasteiger partial charge in [-0.3, -0.25) is 0 Å². The predicted octanol–water partition coefficient (Wildman–Crippen LogP) is 2.76. The standard InChI is InChI=1S/C17H34N2O/c1-4-7-18-13-17(5-8-20-9-6-17)14-19-11-15(2)10-16(3)12-19/h15-16,18H,4-14H2,1-3H3. The number of ether oxygens (including phenoxy) is 1. The molecule has 2 saturated heterocycles. The largest absolute Gasteiger partial charge is 0.381 e. The summed E-state index contributed by atoms with van der Waals surface area (Å²) in [4.78, 5) is 2.73. The summed E-state index contributed by atoms with van der Waals surface area (Å²) < 4.78 is 5.62. The lowest BCUT2D eigenvalue weighted by Gasteiger charge is -2.44. The molecule has 0 amide bonds. The zero-order valence-corrected chi connectivity index (χ0v) is 13.8. The van der Waals surface area contributed by atoms with Crippen molar-refractivity contribution in [1.29, 1.82) is 0 Å². The lowest BCUT2D eigenvalue weighted by molar-refractivity contribution is -0.0146. The van der Waals surface area contributed by atoms with Gasteiger partial charge in [-0.1, -0.05) is 20.8 Å². The molecule has 2 rings (SSSR count). The number of hydrogen-bond acceptors (Lipinski definition) is 3. The van der Waals surface area contributed by atoms with Gasteiger partial charge in [0.2, 0.25) is 0 Å². The molecule has 0 spiro atoms. The second kappa shape index (κ2) is 7.77. The van der Waals surface area contributed by atoms with Crippen LogP contribution in [0, 0.1) is 17.3 Å². The molecule has 2 aliphatic rings. The summed E-state index contributed by atoms with van der Waals surface area (Å²) in [7, 11) is 0. The maximum Gasteiger partial charge on any atom is 0.0472 e. The monoisotopic (exact) mass is 282 g/mol. The number of nitrogens with one attached hydrogen (secondary N) is 1. The fraction of sp³-hybridized carbons (Fsp3) is 1.00. The number of likely N-dealkylation sites (tertiary alicyclic amines) is 1. The van der Waals surface area contributed by atoms with Crippen molar-refractivity contribution in [2.24, 2.45) is 17.3 Å². The van der Waals surface area contributed by atoms with Crippen LogP contribution >= 0.6 is 0 Å². The fourth-order valence-electron chi connectivity index (χ4n) is 4.12. The van der Waals surface area contributed by atoms with E-state index in [1.165, 1.54) is 51.9 Å². The van der Waals surface area contributed by atoms with Gasteiger partial charge in [-0.15, -0.1) is 0 Å². The molecule has 118 valence electrons. The Labute approximate surface area is 125 Å². The summed E-state index contributed by atoms with van der Waals surface area (Å²) in [6.07, 6.45) is 5.08. The molecule has 0 aromatic rings. The van der Waals surface area contributed by atoms with Gasteiger partial charge in [0.05, 0.1) is 0 Å². The van der Waals surface area contributed by atoms with Crippen molar-refractivity contribution >= 4 is 0 Å². The molecule has 0 saturated carbocycles. The van der Waals surface area contributed by atoms with Gasteiger partial charge >= 0.3 is 0 Å². The maximum atomic E-state index is 5.62. The number of hydrogen-bond donors (Lipinski definition) is 1. The Morgan fingerprint density at radius 2 is 1.80 bits per heavy atom. The highest BCUT2D eigenvalue weighted by molar-refractivity contribution is 4.89. The zero-order chi connectivity index (χ0) is 14.4. The average Bonchev–Trinajstić information content (AvgIpc) is 2.38. The molecule has 1 N–H and O–H groups in total. The van der Waals surface area contributed by atoms with Gasteiger partial charge < -0.3 is 15.0 Å². The Balaban J connectivity index is 1.92. The first-order valence-corrected chi connectivity index (χ1v) is 8.64. The van der Waals surface area contributed by atoms with Crippen LogP contribution in [-0.2, 0) is 4.74 Å².